The number of amides is 1. The number of ether oxygens (including phenoxy) is 2. The lowest BCUT2D eigenvalue weighted by Crippen LogP contribution is -2.16. The maximum Gasteiger partial charge on any atom is 0.433 e. The number of carbonyl (C=O) groups excluding carboxylic acids is 1. The number of benzene rings is 3. The van der Waals surface area contributed by atoms with Crippen molar-refractivity contribution < 1.29 is 36.2 Å². The van der Waals surface area contributed by atoms with Crippen molar-refractivity contribution in [2.75, 3.05) is 11.9 Å². The fourth-order valence-corrected chi connectivity index (χ4v) is 4.16. The van der Waals surface area contributed by atoms with Crippen molar-refractivity contribution in [1.29, 1.82) is 0 Å². The van der Waals surface area contributed by atoms with Gasteiger partial charge in [0, 0.05) is 17.3 Å². The second kappa shape index (κ2) is 10.2. The van der Waals surface area contributed by atoms with Crippen molar-refractivity contribution in [2.45, 2.75) is 19.7 Å². The molecule has 0 radical (unpaired) electrons. The van der Waals surface area contributed by atoms with Gasteiger partial charge in [0.1, 0.15) is 5.56 Å². The van der Waals surface area contributed by atoms with E-state index in [1.807, 2.05) is 18.2 Å². The van der Waals surface area contributed by atoms with Crippen LogP contribution in [0.4, 0.5) is 27.6 Å². The smallest absolute Gasteiger partial charge is 0.433 e. The first-order valence-corrected chi connectivity index (χ1v) is 11.6. The van der Waals surface area contributed by atoms with E-state index < -0.39 is 24.4 Å². The van der Waals surface area contributed by atoms with Gasteiger partial charge >= 0.3 is 12.8 Å². The molecule has 200 valence electrons. The molecule has 2 aromatic heterocycles. The maximum atomic E-state index is 14.1. The summed E-state index contributed by atoms with van der Waals surface area (Å²) < 4.78 is 77.9. The van der Waals surface area contributed by atoms with E-state index in [1.165, 1.54) is 18.2 Å². The van der Waals surface area contributed by atoms with E-state index >= 15 is 0 Å². The Kier molecular flexibility index (Phi) is 6.77. The SMILES string of the molecule is CCOc1cc(NC(=O)c2cnn3c(C(F)(F)F)cc(-c4cccc5ccccc45)nc23)ccc1OC(F)F. The third kappa shape index (κ3) is 5.17. The molecule has 39 heavy (non-hydrogen) atoms. The van der Waals surface area contributed by atoms with Gasteiger partial charge in [-0.3, -0.25) is 4.79 Å². The minimum absolute atomic E-state index is 0.00769. The van der Waals surface area contributed by atoms with E-state index in [2.05, 4.69) is 20.1 Å². The van der Waals surface area contributed by atoms with Crippen LogP contribution in [-0.2, 0) is 6.18 Å². The van der Waals surface area contributed by atoms with Crippen LogP contribution in [0, 0.1) is 0 Å². The number of halogens is 5. The van der Waals surface area contributed by atoms with Crippen molar-refractivity contribution >= 4 is 28.0 Å². The summed E-state index contributed by atoms with van der Waals surface area (Å²) in [4.78, 5) is 17.6. The van der Waals surface area contributed by atoms with Crippen molar-refractivity contribution in [3.05, 3.63) is 84.2 Å². The highest BCUT2D eigenvalue weighted by Crippen LogP contribution is 2.36. The van der Waals surface area contributed by atoms with Crippen molar-refractivity contribution in [3.8, 4) is 22.8 Å². The number of nitrogens with zero attached hydrogens (tertiary/aromatic N) is 3. The third-order valence-electron chi connectivity index (χ3n) is 5.79. The standard InChI is InChI=1S/C27H19F5N4O3/c1-2-38-22-12-16(10-11-21(22)39-26(28)29)34-25(37)19-14-33-36-23(27(30,31)32)13-20(35-24(19)36)18-9-5-7-15-6-3-4-8-17(15)18/h3-14,26H,2H2,1H3,(H,34,37). The number of carbonyl (C=O) groups is 1. The van der Waals surface area contributed by atoms with Crippen LogP contribution in [0.15, 0.2) is 72.9 Å². The van der Waals surface area contributed by atoms with Crippen LogP contribution in [0.3, 0.4) is 0 Å². The van der Waals surface area contributed by atoms with Crippen LogP contribution in [0.1, 0.15) is 23.0 Å². The molecule has 0 bridgehead atoms. The average molecular weight is 542 g/mol. The van der Waals surface area contributed by atoms with E-state index in [9.17, 15) is 26.7 Å². The topological polar surface area (TPSA) is 77.8 Å². The van der Waals surface area contributed by atoms with Gasteiger partial charge in [0.05, 0.1) is 18.5 Å². The molecule has 0 spiro atoms. The van der Waals surface area contributed by atoms with Gasteiger partial charge in [0.25, 0.3) is 5.91 Å². The quantitative estimate of drug-likeness (QED) is 0.229. The zero-order chi connectivity index (χ0) is 27.7. The molecular weight excluding hydrogens is 523 g/mol. The van der Waals surface area contributed by atoms with Gasteiger partial charge in [-0.2, -0.15) is 27.1 Å². The second-order valence-corrected chi connectivity index (χ2v) is 8.27. The van der Waals surface area contributed by atoms with Crippen LogP contribution >= 0.6 is 0 Å². The molecule has 12 heteroatoms. The second-order valence-electron chi connectivity index (χ2n) is 8.27. The molecule has 0 saturated carbocycles. The first-order chi connectivity index (χ1) is 18.7. The average Bonchev–Trinajstić information content (AvgIpc) is 3.33. The Labute approximate surface area is 217 Å². The Morgan fingerprint density at radius 1 is 1.03 bits per heavy atom. The summed E-state index contributed by atoms with van der Waals surface area (Å²) in [6, 6.07) is 17.0. The Morgan fingerprint density at radius 2 is 1.79 bits per heavy atom. The highest BCUT2D eigenvalue weighted by atomic mass is 19.4. The zero-order valence-corrected chi connectivity index (χ0v) is 20.2. The van der Waals surface area contributed by atoms with Gasteiger partial charge < -0.3 is 14.8 Å². The lowest BCUT2D eigenvalue weighted by Gasteiger charge is -2.14. The number of hydrogen-bond acceptors (Lipinski definition) is 5. The van der Waals surface area contributed by atoms with Crippen LogP contribution in [0.5, 0.6) is 11.5 Å². The molecule has 7 nitrogen and oxygen atoms in total. The highest BCUT2D eigenvalue weighted by Gasteiger charge is 2.36. The first-order valence-electron chi connectivity index (χ1n) is 11.6. The van der Waals surface area contributed by atoms with Crippen LogP contribution in [-0.4, -0.2) is 33.7 Å². The molecule has 0 saturated heterocycles. The van der Waals surface area contributed by atoms with Gasteiger partial charge in [0.15, 0.2) is 22.8 Å². The molecule has 0 aliphatic rings. The van der Waals surface area contributed by atoms with Crippen molar-refractivity contribution in [2.24, 2.45) is 0 Å². The number of rotatable bonds is 7. The van der Waals surface area contributed by atoms with E-state index in [0.29, 0.717) is 15.5 Å². The fraction of sp³-hybridized carbons (Fsp3) is 0.148. The van der Waals surface area contributed by atoms with Crippen molar-refractivity contribution in [1.82, 2.24) is 14.6 Å². The maximum absolute atomic E-state index is 14.1. The Morgan fingerprint density at radius 3 is 2.54 bits per heavy atom. The fourth-order valence-electron chi connectivity index (χ4n) is 4.16. The third-order valence-corrected chi connectivity index (χ3v) is 5.79. The van der Waals surface area contributed by atoms with Gasteiger partial charge in [-0.15, -0.1) is 0 Å². The van der Waals surface area contributed by atoms with Crippen molar-refractivity contribution in [3.63, 3.8) is 0 Å². The predicted molar refractivity (Wildman–Crippen MR) is 133 cm³/mol. The van der Waals surface area contributed by atoms with Gasteiger partial charge in [-0.25, -0.2) is 9.50 Å². The zero-order valence-electron chi connectivity index (χ0n) is 20.2. The Balaban J connectivity index is 1.59. The lowest BCUT2D eigenvalue weighted by atomic mass is 10.0. The van der Waals surface area contributed by atoms with E-state index in [-0.39, 0.29) is 40.7 Å². The largest absolute Gasteiger partial charge is 0.490 e. The number of fused-ring (bicyclic) bond motifs is 2. The molecule has 2 heterocycles. The molecule has 1 N–H and O–H groups in total. The lowest BCUT2D eigenvalue weighted by molar-refractivity contribution is -0.142. The van der Waals surface area contributed by atoms with Gasteiger partial charge in [-0.05, 0) is 35.9 Å². The molecular formula is C27H19F5N4O3. The van der Waals surface area contributed by atoms with Crippen LogP contribution in [0.25, 0.3) is 27.7 Å². The molecule has 5 aromatic rings. The molecule has 0 fully saturated rings. The van der Waals surface area contributed by atoms with E-state index in [1.54, 1.807) is 31.2 Å². The summed E-state index contributed by atoms with van der Waals surface area (Å²) in [5.74, 6) is -1.10. The van der Waals surface area contributed by atoms with Crippen LogP contribution < -0.4 is 14.8 Å². The Bertz CT molecular complexity index is 1680. The highest BCUT2D eigenvalue weighted by molar-refractivity contribution is 6.08. The molecule has 0 unspecified atom stereocenters. The molecule has 3 aromatic carbocycles. The molecule has 1 amide bonds. The summed E-state index contributed by atoms with van der Waals surface area (Å²) in [6.07, 6.45) is -3.81. The molecule has 0 aliphatic heterocycles. The molecule has 5 rings (SSSR count). The minimum atomic E-state index is -4.80. The monoisotopic (exact) mass is 542 g/mol. The summed E-state index contributed by atoms with van der Waals surface area (Å²) in [7, 11) is 0. The van der Waals surface area contributed by atoms with Gasteiger partial charge in [-0.1, -0.05) is 42.5 Å². The minimum Gasteiger partial charge on any atom is -0.490 e. The number of hydrogen-bond donors (Lipinski definition) is 1. The summed E-state index contributed by atoms with van der Waals surface area (Å²) >= 11 is 0. The summed E-state index contributed by atoms with van der Waals surface area (Å²) in [5.41, 5.74) is -1.06. The van der Waals surface area contributed by atoms with E-state index in [0.717, 1.165) is 17.6 Å². The number of nitrogens with one attached hydrogen (secondary N) is 1. The molecule has 0 atom stereocenters. The summed E-state index contributed by atoms with van der Waals surface area (Å²) in [6.45, 7) is -1.33. The Hall–Kier alpha value is -4.74. The van der Waals surface area contributed by atoms with E-state index in [4.69, 9.17) is 4.74 Å². The number of alkyl halides is 5. The van der Waals surface area contributed by atoms with Crippen LogP contribution in [0.2, 0.25) is 0 Å². The van der Waals surface area contributed by atoms with Gasteiger partial charge in [0.2, 0.25) is 0 Å². The number of aromatic nitrogens is 3. The first kappa shape index (κ1) is 25.9. The predicted octanol–water partition coefficient (Wildman–Crippen LogP) is 6.82. The molecule has 0 aliphatic carbocycles. The summed E-state index contributed by atoms with van der Waals surface area (Å²) in [5, 5.41) is 7.80. The number of anilines is 1. The normalized spacial score (nSPS) is 11.8.